The van der Waals surface area contributed by atoms with Gasteiger partial charge in [-0.2, -0.15) is 13.2 Å². The fourth-order valence-corrected chi connectivity index (χ4v) is 1.75. The van der Waals surface area contributed by atoms with Crippen molar-refractivity contribution in [1.82, 2.24) is 0 Å². The summed E-state index contributed by atoms with van der Waals surface area (Å²) in [4.78, 5) is 0. The third kappa shape index (κ3) is 2.53. The van der Waals surface area contributed by atoms with Gasteiger partial charge in [-0.05, 0) is 0 Å². The summed E-state index contributed by atoms with van der Waals surface area (Å²) in [7, 11) is 0. The summed E-state index contributed by atoms with van der Waals surface area (Å²) >= 11 is 0.843. The first-order valence-corrected chi connectivity index (χ1v) is 4.45. The van der Waals surface area contributed by atoms with Crippen LogP contribution < -0.4 is 5.73 Å². The van der Waals surface area contributed by atoms with Crippen LogP contribution in [0.5, 0.6) is 0 Å². The van der Waals surface area contributed by atoms with Gasteiger partial charge in [-0.15, -0.1) is 11.8 Å². The quantitative estimate of drug-likeness (QED) is 0.740. The number of ether oxygens (including phenoxy) is 1. The topological polar surface area (TPSA) is 35.2 Å². The van der Waals surface area contributed by atoms with Crippen molar-refractivity contribution in [3.05, 3.63) is 0 Å². The fourth-order valence-electron chi connectivity index (χ4n) is 0.825. The normalized spacial score (nSPS) is 22.0. The Kier molecular flexibility index (Phi) is 2.90. The van der Waals surface area contributed by atoms with Crippen LogP contribution in [0.3, 0.4) is 0 Å². The van der Waals surface area contributed by atoms with Crippen LogP contribution in [-0.2, 0) is 4.74 Å². The fraction of sp³-hybridized carbons (Fsp3) is 1.00. The summed E-state index contributed by atoms with van der Waals surface area (Å²) in [6, 6.07) is 0. The van der Waals surface area contributed by atoms with E-state index in [-0.39, 0.29) is 6.54 Å². The van der Waals surface area contributed by atoms with Gasteiger partial charge in [-0.25, -0.2) is 0 Å². The van der Waals surface area contributed by atoms with Gasteiger partial charge in [0.2, 0.25) is 0 Å². The molecule has 12 heavy (non-hydrogen) atoms. The van der Waals surface area contributed by atoms with Crippen molar-refractivity contribution in [2.45, 2.75) is 10.9 Å². The summed E-state index contributed by atoms with van der Waals surface area (Å²) in [6.45, 7) is 0.919. The predicted molar refractivity (Wildman–Crippen MR) is 41.1 cm³/mol. The van der Waals surface area contributed by atoms with Crippen LogP contribution in [0.4, 0.5) is 13.2 Å². The molecule has 72 valence electrons. The van der Waals surface area contributed by atoms with Crippen LogP contribution in [0.15, 0.2) is 0 Å². The smallest absolute Gasteiger partial charge is 0.378 e. The molecular formula is C6H10F3NOS. The molecule has 2 N–H and O–H groups in total. The highest BCUT2D eigenvalue weighted by atomic mass is 32.2. The lowest BCUT2D eigenvalue weighted by Gasteiger charge is -2.39. The van der Waals surface area contributed by atoms with E-state index in [9.17, 15) is 13.2 Å². The zero-order chi connectivity index (χ0) is 9.24. The van der Waals surface area contributed by atoms with Crippen LogP contribution >= 0.6 is 11.8 Å². The third-order valence-electron chi connectivity index (χ3n) is 1.64. The predicted octanol–water partition coefficient (Wildman–Crippen LogP) is 1.01. The van der Waals surface area contributed by atoms with Crippen molar-refractivity contribution >= 4 is 11.8 Å². The van der Waals surface area contributed by atoms with E-state index < -0.39 is 16.7 Å². The van der Waals surface area contributed by atoms with Gasteiger partial charge >= 0.3 is 6.18 Å². The van der Waals surface area contributed by atoms with Gasteiger partial charge in [0, 0.05) is 6.54 Å². The zero-order valence-electron chi connectivity index (χ0n) is 6.36. The molecule has 1 fully saturated rings. The van der Waals surface area contributed by atoms with Crippen LogP contribution in [0.1, 0.15) is 0 Å². The third-order valence-corrected chi connectivity index (χ3v) is 3.13. The maximum atomic E-state index is 11.8. The Bertz CT molecular complexity index is 152. The molecule has 0 aromatic rings. The molecule has 0 bridgehead atoms. The summed E-state index contributed by atoms with van der Waals surface area (Å²) < 4.78 is 39.7. The first-order chi connectivity index (χ1) is 5.47. The van der Waals surface area contributed by atoms with Crippen LogP contribution in [-0.4, -0.2) is 36.4 Å². The second-order valence-electron chi connectivity index (χ2n) is 2.78. The van der Waals surface area contributed by atoms with Gasteiger partial charge in [0.15, 0.2) is 0 Å². The molecule has 0 aromatic heterocycles. The Balaban J connectivity index is 2.30. The molecule has 0 amide bonds. The van der Waals surface area contributed by atoms with E-state index in [2.05, 4.69) is 0 Å². The number of thioether (sulfide) groups is 1. The molecule has 0 aliphatic carbocycles. The van der Waals surface area contributed by atoms with Gasteiger partial charge < -0.3 is 10.5 Å². The molecule has 0 saturated carbocycles. The van der Waals surface area contributed by atoms with E-state index >= 15 is 0 Å². The number of hydrogen-bond donors (Lipinski definition) is 1. The van der Waals surface area contributed by atoms with Gasteiger partial charge in [-0.3, -0.25) is 0 Å². The van der Waals surface area contributed by atoms with Crippen molar-refractivity contribution in [2.75, 3.05) is 25.5 Å². The average molecular weight is 201 g/mol. The van der Waals surface area contributed by atoms with Crippen LogP contribution in [0.25, 0.3) is 0 Å². The summed E-state index contributed by atoms with van der Waals surface area (Å²) in [5.41, 5.74) is 5.33. The Morgan fingerprint density at radius 1 is 1.42 bits per heavy atom. The molecule has 2 nitrogen and oxygen atoms in total. The van der Waals surface area contributed by atoms with E-state index in [0.29, 0.717) is 13.2 Å². The second kappa shape index (κ2) is 3.43. The minimum atomic E-state index is -4.11. The van der Waals surface area contributed by atoms with Gasteiger partial charge in [0.25, 0.3) is 0 Å². The monoisotopic (exact) mass is 201 g/mol. The highest BCUT2D eigenvalue weighted by Gasteiger charge is 2.41. The van der Waals surface area contributed by atoms with Gasteiger partial charge in [0.05, 0.1) is 23.7 Å². The molecule has 1 saturated heterocycles. The zero-order valence-corrected chi connectivity index (χ0v) is 7.17. The van der Waals surface area contributed by atoms with Crippen molar-refractivity contribution in [2.24, 2.45) is 5.73 Å². The number of alkyl halides is 3. The summed E-state index contributed by atoms with van der Waals surface area (Å²) in [5.74, 6) is -0.840. The molecule has 1 aliphatic rings. The standard InChI is InChI=1S/C6H10F3NOS/c7-6(8,9)4-12-5(1-10)2-11-3-5/h1-4,10H2. The second-order valence-corrected chi connectivity index (χ2v) is 4.23. The van der Waals surface area contributed by atoms with Crippen molar-refractivity contribution < 1.29 is 17.9 Å². The summed E-state index contributed by atoms with van der Waals surface area (Å²) in [5, 5.41) is 0. The molecule has 0 aromatic carbocycles. The Morgan fingerprint density at radius 2 is 2.00 bits per heavy atom. The van der Waals surface area contributed by atoms with E-state index in [1.807, 2.05) is 0 Å². The number of nitrogens with two attached hydrogens (primary N) is 1. The Labute approximate surface area is 72.6 Å². The number of halogens is 3. The molecule has 0 spiro atoms. The molecular weight excluding hydrogens is 191 g/mol. The van der Waals surface area contributed by atoms with Crippen molar-refractivity contribution in [3.8, 4) is 0 Å². The molecule has 0 atom stereocenters. The van der Waals surface area contributed by atoms with Gasteiger partial charge in [-0.1, -0.05) is 0 Å². The lowest BCUT2D eigenvalue weighted by atomic mass is 10.1. The van der Waals surface area contributed by atoms with Crippen LogP contribution in [0.2, 0.25) is 0 Å². The van der Waals surface area contributed by atoms with E-state index in [4.69, 9.17) is 10.5 Å². The maximum absolute atomic E-state index is 11.8. The minimum Gasteiger partial charge on any atom is -0.378 e. The molecule has 1 rings (SSSR count). The highest BCUT2D eigenvalue weighted by Crippen LogP contribution is 2.35. The SMILES string of the molecule is NCC1(SCC(F)(F)F)COC1. The largest absolute Gasteiger partial charge is 0.397 e. The lowest BCUT2D eigenvalue weighted by Crippen LogP contribution is -2.53. The Hall–Kier alpha value is 0.0600. The molecule has 0 radical (unpaired) electrons. The Morgan fingerprint density at radius 3 is 2.25 bits per heavy atom. The minimum absolute atomic E-state index is 0.244. The van der Waals surface area contributed by atoms with E-state index in [0.717, 1.165) is 11.8 Å². The summed E-state index contributed by atoms with van der Waals surface area (Å²) in [6.07, 6.45) is -4.11. The van der Waals surface area contributed by atoms with Crippen LogP contribution in [0, 0.1) is 0 Å². The van der Waals surface area contributed by atoms with E-state index in [1.54, 1.807) is 0 Å². The average Bonchev–Trinajstić information content (AvgIpc) is 1.84. The van der Waals surface area contributed by atoms with Crippen molar-refractivity contribution in [1.29, 1.82) is 0 Å². The molecule has 1 heterocycles. The number of rotatable bonds is 3. The number of hydrogen-bond acceptors (Lipinski definition) is 3. The molecule has 0 unspecified atom stereocenters. The van der Waals surface area contributed by atoms with Crippen molar-refractivity contribution in [3.63, 3.8) is 0 Å². The first-order valence-electron chi connectivity index (χ1n) is 3.46. The van der Waals surface area contributed by atoms with Gasteiger partial charge in [0.1, 0.15) is 0 Å². The maximum Gasteiger partial charge on any atom is 0.397 e. The molecule has 6 heteroatoms. The first kappa shape index (κ1) is 10.1. The lowest BCUT2D eigenvalue weighted by molar-refractivity contribution is -0.106. The van der Waals surface area contributed by atoms with E-state index in [1.165, 1.54) is 0 Å². The molecule has 1 aliphatic heterocycles. The highest BCUT2D eigenvalue weighted by molar-refractivity contribution is 8.00.